The van der Waals surface area contributed by atoms with E-state index in [2.05, 4.69) is 0 Å². The minimum Gasteiger partial charge on any atom is -0.479 e. The van der Waals surface area contributed by atoms with Crippen molar-refractivity contribution < 1.29 is 23.5 Å². The van der Waals surface area contributed by atoms with Crippen LogP contribution < -0.4 is 0 Å². The molecule has 1 N–H and O–H groups in total. The van der Waals surface area contributed by atoms with E-state index >= 15 is 0 Å². The molecule has 1 unspecified atom stereocenters. The maximum Gasteiger partial charge on any atom is 0.331 e. The quantitative estimate of drug-likeness (QED) is 0.775. The molecular weight excluding hydrogens is 256 g/mol. The van der Waals surface area contributed by atoms with Gasteiger partial charge < -0.3 is 10.0 Å². The van der Waals surface area contributed by atoms with Gasteiger partial charge in [0.2, 0.25) is 6.41 Å². The highest BCUT2D eigenvalue weighted by molar-refractivity contribution is 5.78. The van der Waals surface area contributed by atoms with Gasteiger partial charge >= 0.3 is 5.97 Å². The molecule has 0 radical (unpaired) electrons. The number of halogens is 2. The molecule has 104 valence electrons. The number of carboxylic acids is 1. The average molecular weight is 271 g/mol. The summed E-state index contributed by atoms with van der Waals surface area (Å²) in [6.07, 6.45) is -1.53. The molecule has 1 amide bonds. The van der Waals surface area contributed by atoms with Crippen molar-refractivity contribution in [1.29, 1.82) is 0 Å². The zero-order chi connectivity index (χ0) is 14.4. The maximum atomic E-state index is 12.4. The fourth-order valence-corrected chi connectivity index (χ4v) is 1.80. The summed E-state index contributed by atoms with van der Waals surface area (Å²) in [5.74, 6) is -1.19. The van der Waals surface area contributed by atoms with E-state index in [0.29, 0.717) is 18.4 Å². The van der Waals surface area contributed by atoms with Gasteiger partial charge in [0.05, 0.1) is 0 Å². The average Bonchev–Trinajstić information content (AvgIpc) is 2.38. The van der Waals surface area contributed by atoms with Crippen molar-refractivity contribution >= 4 is 12.4 Å². The SMILES string of the molecule is CCCN(C=O)C(C(=O)O)c1ccc(C(F)F)cc1. The Morgan fingerprint density at radius 1 is 1.32 bits per heavy atom. The van der Waals surface area contributed by atoms with Crippen LogP contribution in [0.15, 0.2) is 24.3 Å². The Labute approximate surface area is 109 Å². The topological polar surface area (TPSA) is 57.6 Å². The summed E-state index contributed by atoms with van der Waals surface area (Å²) in [6, 6.07) is 3.82. The van der Waals surface area contributed by atoms with Crippen molar-refractivity contribution in [3.63, 3.8) is 0 Å². The predicted octanol–water partition coefficient (Wildman–Crippen LogP) is 2.62. The van der Waals surface area contributed by atoms with E-state index in [9.17, 15) is 23.5 Å². The Balaban J connectivity index is 3.05. The van der Waals surface area contributed by atoms with E-state index in [4.69, 9.17) is 0 Å². The molecule has 0 aromatic heterocycles. The molecule has 0 spiro atoms. The summed E-state index contributed by atoms with van der Waals surface area (Å²) in [4.78, 5) is 23.3. The first-order valence-electron chi connectivity index (χ1n) is 5.83. The van der Waals surface area contributed by atoms with Gasteiger partial charge in [-0.25, -0.2) is 13.6 Å². The van der Waals surface area contributed by atoms with Gasteiger partial charge in [-0.2, -0.15) is 0 Å². The lowest BCUT2D eigenvalue weighted by molar-refractivity contribution is -0.146. The molecule has 6 heteroatoms. The minimum atomic E-state index is -2.60. The number of nitrogens with zero attached hydrogens (tertiary/aromatic N) is 1. The number of carbonyl (C=O) groups excluding carboxylic acids is 1. The Bertz CT molecular complexity index is 434. The summed E-state index contributed by atoms with van der Waals surface area (Å²) < 4.78 is 24.8. The van der Waals surface area contributed by atoms with Gasteiger partial charge in [-0.05, 0) is 12.0 Å². The van der Waals surface area contributed by atoms with Crippen molar-refractivity contribution in [1.82, 2.24) is 4.90 Å². The molecule has 0 heterocycles. The smallest absolute Gasteiger partial charge is 0.331 e. The number of rotatable bonds is 7. The molecule has 0 bridgehead atoms. The van der Waals surface area contributed by atoms with Gasteiger partial charge in [-0.3, -0.25) is 4.79 Å². The van der Waals surface area contributed by atoms with E-state index in [1.807, 2.05) is 6.92 Å². The molecule has 0 saturated heterocycles. The lowest BCUT2D eigenvalue weighted by Gasteiger charge is -2.25. The third-order valence-corrected chi connectivity index (χ3v) is 2.69. The highest BCUT2D eigenvalue weighted by atomic mass is 19.3. The van der Waals surface area contributed by atoms with Crippen LogP contribution in [0, 0.1) is 0 Å². The Morgan fingerprint density at radius 3 is 2.21 bits per heavy atom. The molecule has 0 fully saturated rings. The molecule has 1 aromatic carbocycles. The normalized spacial score (nSPS) is 12.2. The predicted molar refractivity (Wildman–Crippen MR) is 64.8 cm³/mol. The van der Waals surface area contributed by atoms with Gasteiger partial charge in [-0.15, -0.1) is 0 Å². The van der Waals surface area contributed by atoms with Crippen molar-refractivity contribution in [2.45, 2.75) is 25.8 Å². The fourth-order valence-electron chi connectivity index (χ4n) is 1.80. The second-order valence-corrected chi connectivity index (χ2v) is 4.05. The lowest BCUT2D eigenvalue weighted by Crippen LogP contribution is -2.33. The van der Waals surface area contributed by atoms with Crippen LogP contribution in [0.25, 0.3) is 0 Å². The highest BCUT2D eigenvalue weighted by Crippen LogP contribution is 2.24. The molecular formula is C13H15F2NO3. The van der Waals surface area contributed by atoms with Crippen molar-refractivity contribution in [3.05, 3.63) is 35.4 Å². The third kappa shape index (κ3) is 3.74. The molecule has 4 nitrogen and oxygen atoms in total. The molecule has 0 aliphatic carbocycles. The molecule has 1 rings (SSSR count). The van der Waals surface area contributed by atoms with E-state index in [1.165, 1.54) is 24.3 Å². The van der Waals surface area contributed by atoms with Crippen LogP contribution in [0.2, 0.25) is 0 Å². The van der Waals surface area contributed by atoms with E-state index < -0.39 is 18.4 Å². The molecule has 0 saturated carbocycles. The zero-order valence-corrected chi connectivity index (χ0v) is 10.4. The summed E-state index contributed by atoms with van der Waals surface area (Å²) in [7, 11) is 0. The Hall–Kier alpha value is -1.98. The first-order valence-corrected chi connectivity index (χ1v) is 5.83. The van der Waals surface area contributed by atoms with Crippen LogP contribution >= 0.6 is 0 Å². The number of carboxylic acid groups (broad SMARTS) is 1. The molecule has 0 aliphatic rings. The van der Waals surface area contributed by atoms with Gasteiger partial charge in [-0.1, -0.05) is 31.2 Å². The Kier molecular flexibility index (Phi) is 5.41. The van der Waals surface area contributed by atoms with E-state index in [-0.39, 0.29) is 12.1 Å². The van der Waals surface area contributed by atoms with E-state index in [1.54, 1.807) is 0 Å². The van der Waals surface area contributed by atoms with Crippen LogP contribution in [0.5, 0.6) is 0 Å². The number of aliphatic carboxylic acids is 1. The number of benzene rings is 1. The summed E-state index contributed by atoms with van der Waals surface area (Å²) in [5.41, 5.74) is 0.124. The number of hydrogen-bond acceptors (Lipinski definition) is 2. The van der Waals surface area contributed by atoms with Gasteiger partial charge in [0.25, 0.3) is 6.43 Å². The van der Waals surface area contributed by atoms with Gasteiger partial charge in [0, 0.05) is 12.1 Å². The van der Waals surface area contributed by atoms with Crippen LogP contribution in [0.4, 0.5) is 8.78 Å². The summed E-state index contributed by atoms with van der Waals surface area (Å²) in [6.45, 7) is 2.10. The van der Waals surface area contributed by atoms with Crippen LogP contribution in [0.1, 0.15) is 36.9 Å². The van der Waals surface area contributed by atoms with Gasteiger partial charge in [0.15, 0.2) is 6.04 Å². The molecule has 19 heavy (non-hydrogen) atoms. The van der Waals surface area contributed by atoms with Crippen LogP contribution in [-0.4, -0.2) is 28.9 Å². The van der Waals surface area contributed by atoms with Crippen LogP contribution in [0.3, 0.4) is 0 Å². The zero-order valence-electron chi connectivity index (χ0n) is 10.4. The molecule has 0 aliphatic heterocycles. The van der Waals surface area contributed by atoms with Crippen molar-refractivity contribution in [3.8, 4) is 0 Å². The number of amides is 1. The Morgan fingerprint density at radius 2 is 1.84 bits per heavy atom. The first-order chi connectivity index (χ1) is 9.01. The standard InChI is InChI=1S/C13H15F2NO3/c1-2-7-16(8-17)11(13(18)19)9-3-5-10(6-4-9)12(14)15/h3-6,8,11-12H,2,7H2,1H3,(H,18,19). The summed E-state index contributed by atoms with van der Waals surface area (Å²) >= 11 is 0. The van der Waals surface area contributed by atoms with Gasteiger partial charge in [0.1, 0.15) is 0 Å². The number of hydrogen-bond donors (Lipinski definition) is 1. The second kappa shape index (κ2) is 6.82. The third-order valence-electron chi connectivity index (χ3n) is 2.69. The fraction of sp³-hybridized carbons (Fsp3) is 0.385. The van der Waals surface area contributed by atoms with Crippen molar-refractivity contribution in [2.24, 2.45) is 0 Å². The maximum absolute atomic E-state index is 12.4. The molecule has 1 aromatic rings. The van der Waals surface area contributed by atoms with Crippen LogP contribution in [-0.2, 0) is 9.59 Å². The highest BCUT2D eigenvalue weighted by Gasteiger charge is 2.26. The minimum absolute atomic E-state index is 0.180. The lowest BCUT2D eigenvalue weighted by atomic mass is 10.0. The van der Waals surface area contributed by atoms with Crippen molar-refractivity contribution in [2.75, 3.05) is 6.54 Å². The monoisotopic (exact) mass is 271 g/mol. The summed E-state index contributed by atoms with van der Waals surface area (Å²) in [5, 5.41) is 9.18. The molecule has 1 atom stereocenters. The first kappa shape index (κ1) is 15.1. The number of carbonyl (C=O) groups is 2. The second-order valence-electron chi connectivity index (χ2n) is 4.05. The number of alkyl halides is 2. The largest absolute Gasteiger partial charge is 0.479 e. The van der Waals surface area contributed by atoms with E-state index in [0.717, 1.165) is 4.90 Å².